The van der Waals surface area contributed by atoms with E-state index in [4.69, 9.17) is 5.11 Å². The summed E-state index contributed by atoms with van der Waals surface area (Å²) in [7, 11) is 0. The minimum absolute atomic E-state index is 0.0831. The zero-order valence-electron chi connectivity index (χ0n) is 16.9. The highest BCUT2D eigenvalue weighted by molar-refractivity contribution is 5.66. The molecule has 0 bridgehead atoms. The third kappa shape index (κ3) is 7.67. The second-order valence-corrected chi connectivity index (χ2v) is 8.03. The average molecular weight is 424 g/mol. The minimum Gasteiger partial charge on any atom is -0.481 e. The van der Waals surface area contributed by atoms with Crippen molar-refractivity contribution in [3.05, 3.63) is 35.4 Å². The fourth-order valence-corrected chi connectivity index (χ4v) is 4.17. The number of carboxylic acids is 1. The lowest BCUT2D eigenvalue weighted by Gasteiger charge is -2.24. The second-order valence-electron chi connectivity index (χ2n) is 8.03. The Bertz CT molecular complexity index is 758. The second kappa shape index (κ2) is 12.0. The van der Waals surface area contributed by atoms with Gasteiger partial charge in [0.05, 0.1) is 17.8 Å². The van der Waals surface area contributed by atoms with E-state index >= 15 is 0 Å². The van der Waals surface area contributed by atoms with Crippen molar-refractivity contribution in [3.63, 3.8) is 0 Å². The summed E-state index contributed by atoms with van der Waals surface area (Å²) >= 11 is 0. The number of unbranched alkanes of at least 4 members (excludes halogenated alkanes) is 3. The molecule has 166 valence electrons. The van der Waals surface area contributed by atoms with Gasteiger partial charge in [-0.25, -0.2) is 8.78 Å². The summed E-state index contributed by atoms with van der Waals surface area (Å²) in [5.41, 5.74) is -0.119. The summed E-state index contributed by atoms with van der Waals surface area (Å²) in [5.74, 6) is 2.65. The SMILES string of the molecule is O=C(O)CCCCCC[C@@H]1C(CCC(O)C#Cc2cc(F)ccc2F)[C@H](O)C[C@@H]1O. The minimum atomic E-state index is -1.05. The first-order valence-electron chi connectivity index (χ1n) is 10.5. The molecule has 30 heavy (non-hydrogen) atoms. The molecule has 0 aromatic heterocycles. The van der Waals surface area contributed by atoms with Crippen LogP contribution in [0.1, 0.15) is 63.4 Å². The lowest BCUT2D eigenvalue weighted by molar-refractivity contribution is -0.137. The average Bonchev–Trinajstić information content (AvgIpc) is 2.95. The fraction of sp³-hybridized carbons (Fsp3) is 0.609. The molecule has 2 unspecified atom stereocenters. The highest BCUT2D eigenvalue weighted by Gasteiger charge is 2.40. The van der Waals surface area contributed by atoms with Crippen LogP contribution in [0.5, 0.6) is 0 Å². The topological polar surface area (TPSA) is 98.0 Å². The molecule has 5 atom stereocenters. The molecule has 0 heterocycles. The van der Waals surface area contributed by atoms with Gasteiger partial charge in [-0.05, 0) is 62.1 Å². The van der Waals surface area contributed by atoms with E-state index in [1.807, 2.05) is 0 Å². The predicted octanol–water partition coefficient (Wildman–Crippen LogP) is 3.24. The van der Waals surface area contributed by atoms with Crippen molar-refractivity contribution in [2.75, 3.05) is 0 Å². The van der Waals surface area contributed by atoms with Gasteiger partial charge in [0.1, 0.15) is 17.7 Å². The number of hydrogen-bond acceptors (Lipinski definition) is 4. The Balaban J connectivity index is 1.82. The van der Waals surface area contributed by atoms with Crippen LogP contribution in [0, 0.1) is 35.3 Å². The maximum atomic E-state index is 13.6. The van der Waals surface area contributed by atoms with E-state index in [1.54, 1.807) is 0 Å². The number of hydrogen-bond donors (Lipinski definition) is 4. The Morgan fingerprint density at radius 2 is 1.73 bits per heavy atom. The summed E-state index contributed by atoms with van der Waals surface area (Å²) < 4.78 is 26.8. The summed E-state index contributed by atoms with van der Waals surface area (Å²) in [5, 5.41) is 39.3. The molecule has 5 nitrogen and oxygen atoms in total. The summed E-state index contributed by atoms with van der Waals surface area (Å²) in [4.78, 5) is 10.5. The molecule has 1 aliphatic carbocycles. The van der Waals surface area contributed by atoms with Crippen molar-refractivity contribution in [1.82, 2.24) is 0 Å². The van der Waals surface area contributed by atoms with Crippen molar-refractivity contribution in [2.45, 2.75) is 76.1 Å². The van der Waals surface area contributed by atoms with Crippen LogP contribution in [-0.2, 0) is 4.79 Å². The Kier molecular flexibility index (Phi) is 9.70. The van der Waals surface area contributed by atoms with Crippen molar-refractivity contribution < 1.29 is 34.0 Å². The Morgan fingerprint density at radius 3 is 2.43 bits per heavy atom. The van der Waals surface area contributed by atoms with Crippen LogP contribution >= 0.6 is 0 Å². The van der Waals surface area contributed by atoms with E-state index in [0.29, 0.717) is 19.3 Å². The van der Waals surface area contributed by atoms with Crippen LogP contribution in [-0.4, -0.2) is 44.7 Å². The molecule has 1 aromatic carbocycles. The maximum Gasteiger partial charge on any atom is 0.303 e. The molecule has 0 radical (unpaired) electrons. The molecular formula is C23H30F2O5. The summed E-state index contributed by atoms with van der Waals surface area (Å²) in [6.45, 7) is 0. The third-order valence-corrected chi connectivity index (χ3v) is 5.77. The molecule has 0 amide bonds. The van der Waals surface area contributed by atoms with Crippen LogP contribution in [0.3, 0.4) is 0 Å². The van der Waals surface area contributed by atoms with Crippen molar-refractivity contribution in [1.29, 1.82) is 0 Å². The Hall–Kier alpha value is -2.01. The smallest absolute Gasteiger partial charge is 0.303 e. The first-order chi connectivity index (χ1) is 14.3. The standard InChI is InChI=1S/C23H30F2O5/c24-16-8-12-20(25)15(13-16)7-9-17(26)10-11-19-18(21(27)14-22(19)28)5-3-1-2-4-6-23(29)30/h8,12-13,17-19,21-22,26-28H,1-6,10-11,14H2,(H,29,30)/t17?,18-,19?,21+,22-/m1/s1. The molecular weight excluding hydrogens is 394 g/mol. The third-order valence-electron chi connectivity index (χ3n) is 5.77. The van der Waals surface area contributed by atoms with E-state index in [-0.39, 0.29) is 30.2 Å². The molecule has 1 saturated carbocycles. The van der Waals surface area contributed by atoms with Crippen LogP contribution in [0.4, 0.5) is 8.78 Å². The molecule has 1 aromatic rings. The van der Waals surface area contributed by atoms with Gasteiger partial charge in [0.2, 0.25) is 0 Å². The van der Waals surface area contributed by atoms with E-state index < -0.39 is 35.9 Å². The van der Waals surface area contributed by atoms with E-state index in [0.717, 1.165) is 43.9 Å². The number of carboxylic acid groups (broad SMARTS) is 1. The number of aliphatic carboxylic acids is 1. The van der Waals surface area contributed by atoms with Crippen LogP contribution in [0.15, 0.2) is 18.2 Å². The number of aliphatic hydroxyl groups excluding tert-OH is 3. The van der Waals surface area contributed by atoms with Gasteiger partial charge in [-0.3, -0.25) is 4.79 Å². The van der Waals surface area contributed by atoms with Gasteiger partial charge in [0.25, 0.3) is 0 Å². The molecule has 0 aliphatic heterocycles. The predicted molar refractivity (Wildman–Crippen MR) is 107 cm³/mol. The summed E-state index contributed by atoms with van der Waals surface area (Å²) in [6, 6.07) is 2.95. The molecule has 0 spiro atoms. The van der Waals surface area contributed by atoms with Crippen molar-refractivity contribution in [2.24, 2.45) is 11.8 Å². The normalized spacial score (nSPS) is 24.3. The first kappa shape index (κ1) is 24.3. The zero-order chi connectivity index (χ0) is 22.1. The first-order valence-corrected chi connectivity index (χ1v) is 10.5. The van der Waals surface area contributed by atoms with Gasteiger partial charge in [0, 0.05) is 6.42 Å². The number of benzene rings is 1. The van der Waals surface area contributed by atoms with Gasteiger partial charge >= 0.3 is 5.97 Å². The van der Waals surface area contributed by atoms with E-state index in [1.165, 1.54) is 0 Å². The lowest BCUT2D eigenvalue weighted by Crippen LogP contribution is -2.23. The monoisotopic (exact) mass is 424 g/mol. The number of rotatable bonds is 10. The van der Waals surface area contributed by atoms with Crippen LogP contribution in [0.2, 0.25) is 0 Å². The highest BCUT2D eigenvalue weighted by Crippen LogP contribution is 2.39. The van der Waals surface area contributed by atoms with Crippen LogP contribution in [0.25, 0.3) is 0 Å². The molecule has 2 rings (SSSR count). The maximum absolute atomic E-state index is 13.6. The molecule has 7 heteroatoms. The number of aliphatic hydroxyl groups is 3. The van der Waals surface area contributed by atoms with Gasteiger partial charge in [0.15, 0.2) is 0 Å². The molecule has 4 N–H and O–H groups in total. The highest BCUT2D eigenvalue weighted by atomic mass is 19.1. The van der Waals surface area contributed by atoms with E-state index in [9.17, 15) is 28.9 Å². The lowest BCUT2D eigenvalue weighted by atomic mass is 9.85. The van der Waals surface area contributed by atoms with Gasteiger partial charge in [-0.15, -0.1) is 0 Å². The molecule has 1 fully saturated rings. The van der Waals surface area contributed by atoms with Crippen LogP contribution < -0.4 is 0 Å². The van der Waals surface area contributed by atoms with E-state index in [2.05, 4.69) is 11.8 Å². The number of halogens is 2. The van der Waals surface area contributed by atoms with Crippen molar-refractivity contribution >= 4 is 5.97 Å². The Morgan fingerprint density at radius 1 is 1.07 bits per heavy atom. The molecule has 0 saturated heterocycles. The van der Waals surface area contributed by atoms with Gasteiger partial charge < -0.3 is 20.4 Å². The van der Waals surface area contributed by atoms with Gasteiger partial charge in [-0.2, -0.15) is 0 Å². The Labute approximate surface area is 175 Å². The largest absolute Gasteiger partial charge is 0.481 e. The fourth-order valence-electron chi connectivity index (χ4n) is 4.17. The zero-order valence-corrected chi connectivity index (χ0v) is 16.9. The van der Waals surface area contributed by atoms with Gasteiger partial charge in [-0.1, -0.05) is 31.1 Å². The number of carbonyl (C=O) groups is 1. The summed E-state index contributed by atoms with van der Waals surface area (Å²) in [6.07, 6.45) is 2.75. The molecule has 1 aliphatic rings. The van der Waals surface area contributed by atoms with Crippen molar-refractivity contribution in [3.8, 4) is 11.8 Å². The quantitative estimate of drug-likeness (QED) is 0.342.